The van der Waals surface area contributed by atoms with Gasteiger partial charge < -0.3 is 4.57 Å². The van der Waals surface area contributed by atoms with Crippen LogP contribution in [0.1, 0.15) is 16.1 Å². The van der Waals surface area contributed by atoms with Crippen LogP contribution in [0.15, 0.2) is 24.3 Å². The summed E-state index contributed by atoms with van der Waals surface area (Å²) in [7, 11) is 0. The van der Waals surface area contributed by atoms with Crippen molar-refractivity contribution in [1.29, 1.82) is 0 Å². The van der Waals surface area contributed by atoms with E-state index in [2.05, 4.69) is 16.7 Å². The number of quaternary nitrogens is 1. The molecule has 15 heavy (non-hydrogen) atoms. The van der Waals surface area contributed by atoms with Crippen molar-refractivity contribution in [2.24, 2.45) is 0 Å². The minimum absolute atomic E-state index is 0.176. The van der Waals surface area contributed by atoms with Crippen LogP contribution in [0.3, 0.4) is 0 Å². The summed E-state index contributed by atoms with van der Waals surface area (Å²) >= 11 is 0. The largest absolute Gasteiger partial charge is 0.359 e. The number of fused-ring (bicyclic) bond motifs is 3. The summed E-state index contributed by atoms with van der Waals surface area (Å²) in [5, 5.41) is 3.00. The first-order valence-electron chi connectivity index (χ1n) is 5.24. The van der Waals surface area contributed by atoms with E-state index in [1.54, 1.807) is 5.32 Å². The number of carbonyl (C=O) groups excluding carboxylic acids is 1. The molecule has 0 unspecified atom stereocenters. The van der Waals surface area contributed by atoms with E-state index in [-0.39, 0.29) is 5.91 Å². The van der Waals surface area contributed by atoms with Gasteiger partial charge in [0.05, 0.1) is 6.54 Å². The summed E-state index contributed by atoms with van der Waals surface area (Å²) in [6, 6.07) is 8.22. The molecule has 0 bridgehead atoms. The van der Waals surface area contributed by atoms with E-state index in [0.717, 1.165) is 24.3 Å². The normalized spacial score (nSPS) is 15.7. The SMILES string of the molecule is Cc1c2n(c3ccccc13)CC[NH2+]C2=O. The van der Waals surface area contributed by atoms with Crippen molar-refractivity contribution >= 4 is 16.8 Å². The minimum atomic E-state index is 0.176. The number of primary amides is 1. The number of carbonyl (C=O) groups is 1. The van der Waals surface area contributed by atoms with Crippen molar-refractivity contribution in [2.45, 2.75) is 13.5 Å². The van der Waals surface area contributed by atoms with E-state index in [1.807, 2.05) is 19.1 Å². The maximum atomic E-state index is 11.8. The second kappa shape index (κ2) is 2.94. The van der Waals surface area contributed by atoms with Crippen LogP contribution in [0.25, 0.3) is 10.9 Å². The fraction of sp³-hybridized carbons (Fsp3) is 0.250. The number of amides is 1. The van der Waals surface area contributed by atoms with Crippen LogP contribution >= 0.6 is 0 Å². The second-order valence-electron chi connectivity index (χ2n) is 4.00. The van der Waals surface area contributed by atoms with Crippen molar-refractivity contribution in [3.8, 4) is 0 Å². The van der Waals surface area contributed by atoms with Crippen LogP contribution in [0, 0.1) is 6.92 Å². The summed E-state index contributed by atoms with van der Waals surface area (Å²) in [6.07, 6.45) is 0. The highest BCUT2D eigenvalue weighted by Gasteiger charge is 2.26. The summed E-state index contributed by atoms with van der Waals surface area (Å²) in [5.74, 6) is 0.176. The van der Waals surface area contributed by atoms with Crippen LogP contribution in [0.4, 0.5) is 0 Å². The van der Waals surface area contributed by atoms with E-state index in [1.165, 1.54) is 10.9 Å². The van der Waals surface area contributed by atoms with Crippen molar-refractivity contribution in [3.63, 3.8) is 0 Å². The lowest BCUT2D eigenvalue weighted by Gasteiger charge is -2.13. The molecule has 1 aliphatic rings. The van der Waals surface area contributed by atoms with Gasteiger partial charge in [-0.15, -0.1) is 0 Å². The van der Waals surface area contributed by atoms with Crippen molar-refractivity contribution in [3.05, 3.63) is 35.5 Å². The highest BCUT2D eigenvalue weighted by molar-refractivity contribution is 5.97. The monoisotopic (exact) mass is 201 g/mol. The fourth-order valence-electron chi connectivity index (χ4n) is 2.45. The molecule has 0 radical (unpaired) electrons. The fourth-order valence-corrected chi connectivity index (χ4v) is 2.45. The summed E-state index contributed by atoms with van der Waals surface area (Å²) < 4.78 is 2.15. The van der Waals surface area contributed by atoms with Gasteiger partial charge in [0, 0.05) is 10.9 Å². The van der Waals surface area contributed by atoms with Crippen LogP contribution in [-0.2, 0) is 6.54 Å². The van der Waals surface area contributed by atoms with Gasteiger partial charge in [0.2, 0.25) is 0 Å². The standard InChI is InChI=1S/C12H12N2O/c1-8-9-4-2-3-5-10(9)14-7-6-13-12(15)11(8)14/h2-5H,6-7H2,1H3,(H,13,15)/p+1. The second-order valence-corrected chi connectivity index (χ2v) is 4.00. The van der Waals surface area contributed by atoms with Gasteiger partial charge in [0.1, 0.15) is 6.54 Å². The molecule has 2 N–H and O–H groups in total. The van der Waals surface area contributed by atoms with Gasteiger partial charge in [-0.3, -0.25) is 5.32 Å². The molecule has 0 saturated carbocycles. The Labute approximate surface area is 87.7 Å². The van der Waals surface area contributed by atoms with Crippen molar-refractivity contribution < 1.29 is 10.1 Å². The number of rotatable bonds is 0. The lowest BCUT2D eigenvalue weighted by Crippen LogP contribution is -2.90. The zero-order valence-corrected chi connectivity index (χ0v) is 8.66. The van der Waals surface area contributed by atoms with Crippen LogP contribution in [0.2, 0.25) is 0 Å². The third-order valence-corrected chi connectivity index (χ3v) is 3.14. The summed E-state index contributed by atoms with van der Waals surface area (Å²) in [4.78, 5) is 11.8. The van der Waals surface area contributed by atoms with Gasteiger partial charge in [-0.1, -0.05) is 18.2 Å². The van der Waals surface area contributed by atoms with Crippen LogP contribution < -0.4 is 5.32 Å². The Morgan fingerprint density at radius 1 is 1.33 bits per heavy atom. The topological polar surface area (TPSA) is 38.6 Å². The molecule has 3 nitrogen and oxygen atoms in total. The van der Waals surface area contributed by atoms with E-state index in [0.29, 0.717) is 0 Å². The number of nitrogens with zero attached hydrogens (tertiary/aromatic N) is 1. The van der Waals surface area contributed by atoms with Crippen LogP contribution in [-0.4, -0.2) is 17.0 Å². The number of aromatic nitrogens is 1. The number of para-hydroxylation sites is 1. The number of aryl methyl sites for hydroxylation is 1. The highest BCUT2D eigenvalue weighted by Crippen LogP contribution is 2.25. The molecule has 3 rings (SSSR count). The Bertz CT molecular complexity index is 554. The molecule has 0 spiro atoms. The molecule has 0 aliphatic carbocycles. The molecule has 1 amide bonds. The van der Waals surface area contributed by atoms with Crippen molar-refractivity contribution in [1.82, 2.24) is 4.57 Å². The zero-order chi connectivity index (χ0) is 10.4. The molecule has 0 atom stereocenters. The molecule has 3 heteroatoms. The molecular weight excluding hydrogens is 188 g/mol. The Hall–Kier alpha value is -1.61. The van der Waals surface area contributed by atoms with Gasteiger partial charge in [-0.2, -0.15) is 0 Å². The molecule has 2 aromatic rings. The minimum Gasteiger partial charge on any atom is -0.327 e. The first-order chi connectivity index (χ1) is 7.29. The number of benzene rings is 1. The average Bonchev–Trinajstić information content (AvgIpc) is 2.55. The van der Waals surface area contributed by atoms with Gasteiger partial charge in [-0.25, -0.2) is 4.79 Å². The summed E-state index contributed by atoms with van der Waals surface area (Å²) in [6.45, 7) is 3.81. The average molecular weight is 201 g/mol. The third kappa shape index (κ3) is 1.07. The van der Waals surface area contributed by atoms with E-state index in [9.17, 15) is 4.79 Å². The Balaban J connectivity index is 2.45. The van der Waals surface area contributed by atoms with E-state index < -0.39 is 0 Å². The molecule has 0 saturated heterocycles. The molecule has 0 fully saturated rings. The number of hydrogen-bond acceptors (Lipinski definition) is 1. The number of nitrogens with two attached hydrogens (primary N) is 1. The smallest absolute Gasteiger partial charge is 0.327 e. The van der Waals surface area contributed by atoms with Gasteiger partial charge in [0.25, 0.3) is 0 Å². The molecule has 2 heterocycles. The number of hydrogen-bond donors (Lipinski definition) is 1. The lowest BCUT2D eigenvalue weighted by atomic mass is 10.1. The Morgan fingerprint density at radius 3 is 3.00 bits per heavy atom. The first kappa shape index (κ1) is 8.68. The first-order valence-corrected chi connectivity index (χ1v) is 5.24. The van der Waals surface area contributed by atoms with Crippen LogP contribution in [0.5, 0.6) is 0 Å². The molecule has 1 aromatic carbocycles. The summed E-state index contributed by atoms with van der Waals surface area (Å²) in [5.41, 5.74) is 3.18. The van der Waals surface area contributed by atoms with Gasteiger partial charge >= 0.3 is 5.91 Å². The predicted molar refractivity (Wildman–Crippen MR) is 57.8 cm³/mol. The van der Waals surface area contributed by atoms with E-state index >= 15 is 0 Å². The lowest BCUT2D eigenvalue weighted by molar-refractivity contribution is -0.560. The molecule has 1 aliphatic heterocycles. The molecule has 76 valence electrons. The highest BCUT2D eigenvalue weighted by atomic mass is 16.2. The maximum Gasteiger partial charge on any atom is 0.359 e. The van der Waals surface area contributed by atoms with Gasteiger partial charge in [0.15, 0.2) is 5.69 Å². The predicted octanol–water partition coefficient (Wildman–Crippen LogP) is 0.667. The Morgan fingerprint density at radius 2 is 2.13 bits per heavy atom. The van der Waals surface area contributed by atoms with E-state index in [4.69, 9.17) is 0 Å². The molecular formula is C12H13N2O+. The zero-order valence-electron chi connectivity index (χ0n) is 8.66. The van der Waals surface area contributed by atoms with Gasteiger partial charge in [-0.05, 0) is 18.6 Å². The third-order valence-electron chi connectivity index (χ3n) is 3.14. The quantitative estimate of drug-likeness (QED) is 0.668. The molecule has 1 aromatic heterocycles. The van der Waals surface area contributed by atoms with Crippen molar-refractivity contribution in [2.75, 3.05) is 6.54 Å². The Kier molecular flexibility index (Phi) is 1.70. The maximum absolute atomic E-state index is 11.8.